The van der Waals surface area contributed by atoms with Crippen LogP contribution < -0.4 is 10.6 Å². The number of nitrogens with zero attached hydrogens (tertiary/aromatic N) is 1. The Kier molecular flexibility index (Phi) is 6.21. The summed E-state index contributed by atoms with van der Waals surface area (Å²) < 4.78 is 0. The van der Waals surface area contributed by atoms with E-state index >= 15 is 0 Å². The molecule has 4 heteroatoms. The number of benzene rings is 3. The third kappa shape index (κ3) is 5.07. The molecule has 0 atom stereocenters. The number of fused-ring (bicyclic) bond motifs is 1. The summed E-state index contributed by atoms with van der Waals surface area (Å²) in [5, 5.41) is 6.40. The number of nitrogens with one attached hydrogen (secondary N) is 2. The van der Waals surface area contributed by atoms with Gasteiger partial charge in [-0.05, 0) is 84.0 Å². The van der Waals surface area contributed by atoms with Crippen LogP contribution in [0.1, 0.15) is 28.7 Å². The van der Waals surface area contributed by atoms with Crippen molar-refractivity contribution >= 4 is 23.4 Å². The molecular weight excluding hydrogens is 418 g/mol. The van der Waals surface area contributed by atoms with E-state index in [4.69, 9.17) is 0 Å². The van der Waals surface area contributed by atoms with Gasteiger partial charge in [-0.25, -0.2) is 0 Å². The summed E-state index contributed by atoms with van der Waals surface area (Å²) in [4.78, 5) is 17.1. The van der Waals surface area contributed by atoms with Crippen LogP contribution in [0, 0.1) is 6.92 Å². The number of hydrogen-bond donors (Lipinski definition) is 2. The predicted molar refractivity (Wildman–Crippen MR) is 140 cm³/mol. The van der Waals surface area contributed by atoms with Crippen molar-refractivity contribution in [2.24, 2.45) is 0 Å². The predicted octanol–water partition coefficient (Wildman–Crippen LogP) is 6.64. The standard InChI is InChI=1S/C30H27N3O/c1-21-4-8-23(9-5-21)25-12-10-24-11-13-26(18-27(24)17-25)30(34)33-28-14-6-22(7-15-28)19-32-29-3-2-16-31-20-29/h2-10,12,14-18,20,32H,11,13,19H2,1H3,(H,33,34). The first kappa shape index (κ1) is 21.7. The molecule has 1 amide bonds. The van der Waals surface area contributed by atoms with E-state index in [-0.39, 0.29) is 5.91 Å². The molecule has 1 aliphatic rings. The Balaban J connectivity index is 1.25. The number of pyridine rings is 1. The van der Waals surface area contributed by atoms with Crippen LogP contribution in [-0.2, 0) is 17.8 Å². The van der Waals surface area contributed by atoms with Crippen molar-refractivity contribution < 1.29 is 4.79 Å². The minimum absolute atomic E-state index is 0.0346. The van der Waals surface area contributed by atoms with Crippen LogP contribution in [0.2, 0.25) is 0 Å². The van der Waals surface area contributed by atoms with Gasteiger partial charge in [0.1, 0.15) is 0 Å². The number of rotatable bonds is 6. The minimum atomic E-state index is -0.0346. The highest BCUT2D eigenvalue weighted by Crippen LogP contribution is 2.29. The molecule has 4 nitrogen and oxygen atoms in total. The SMILES string of the molecule is Cc1ccc(-c2ccc3c(c2)C=C(C(=O)Nc2ccc(CNc4cccnc4)cc2)CC3)cc1. The Morgan fingerprint density at radius 3 is 2.44 bits per heavy atom. The molecule has 0 radical (unpaired) electrons. The van der Waals surface area contributed by atoms with E-state index in [1.165, 1.54) is 22.3 Å². The van der Waals surface area contributed by atoms with Gasteiger partial charge in [0, 0.05) is 30.2 Å². The van der Waals surface area contributed by atoms with Gasteiger partial charge in [-0.1, -0.05) is 54.1 Å². The van der Waals surface area contributed by atoms with Crippen LogP contribution in [0.3, 0.4) is 0 Å². The second-order valence-corrected chi connectivity index (χ2v) is 8.70. The van der Waals surface area contributed by atoms with E-state index in [0.29, 0.717) is 6.54 Å². The second kappa shape index (κ2) is 9.75. The summed E-state index contributed by atoms with van der Waals surface area (Å²) in [5.41, 5.74) is 9.77. The van der Waals surface area contributed by atoms with Gasteiger partial charge in [-0.2, -0.15) is 0 Å². The molecule has 3 aromatic carbocycles. The van der Waals surface area contributed by atoms with Crippen LogP contribution in [-0.4, -0.2) is 10.9 Å². The number of hydrogen-bond acceptors (Lipinski definition) is 3. The average molecular weight is 446 g/mol. The van der Waals surface area contributed by atoms with Crippen molar-refractivity contribution in [3.63, 3.8) is 0 Å². The van der Waals surface area contributed by atoms with E-state index in [1.807, 2.05) is 42.5 Å². The Labute approximate surface area is 200 Å². The number of carbonyl (C=O) groups excluding carboxylic acids is 1. The maximum absolute atomic E-state index is 13.0. The van der Waals surface area contributed by atoms with Gasteiger partial charge in [0.05, 0.1) is 5.69 Å². The third-order valence-electron chi connectivity index (χ3n) is 6.19. The molecule has 1 aromatic heterocycles. The van der Waals surface area contributed by atoms with Crippen LogP contribution in [0.4, 0.5) is 11.4 Å². The number of aryl methyl sites for hydroxylation is 2. The quantitative estimate of drug-likeness (QED) is 0.350. The smallest absolute Gasteiger partial charge is 0.251 e. The van der Waals surface area contributed by atoms with Gasteiger partial charge in [-0.3, -0.25) is 9.78 Å². The van der Waals surface area contributed by atoms with Crippen molar-refractivity contribution in [3.05, 3.63) is 119 Å². The molecule has 0 unspecified atom stereocenters. The molecule has 1 heterocycles. The largest absolute Gasteiger partial charge is 0.380 e. The zero-order valence-electron chi connectivity index (χ0n) is 19.2. The summed E-state index contributed by atoms with van der Waals surface area (Å²) >= 11 is 0. The lowest BCUT2D eigenvalue weighted by Gasteiger charge is -2.18. The average Bonchev–Trinajstić information content (AvgIpc) is 2.88. The fourth-order valence-corrected chi connectivity index (χ4v) is 4.18. The van der Waals surface area contributed by atoms with Crippen LogP contribution in [0.15, 0.2) is 96.8 Å². The van der Waals surface area contributed by atoms with Crippen molar-refractivity contribution in [2.75, 3.05) is 10.6 Å². The van der Waals surface area contributed by atoms with Gasteiger partial charge in [0.25, 0.3) is 5.91 Å². The summed E-state index contributed by atoms with van der Waals surface area (Å²) in [5.74, 6) is -0.0346. The molecule has 2 N–H and O–H groups in total. The van der Waals surface area contributed by atoms with Crippen LogP contribution in [0.25, 0.3) is 17.2 Å². The van der Waals surface area contributed by atoms with E-state index in [9.17, 15) is 4.79 Å². The van der Waals surface area contributed by atoms with Gasteiger partial charge in [-0.15, -0.1) is 0 Å². The highest BCUT2D eigenvalue weighted by Gasteiger charge is 2.17. The van der Waals surface area contributed by atoms with Crippen molar-refractivity contribution in [3.8, 4) is 11.1 Å². The number of amides is 1. The molecule has 0 bridgehead atoms. The number of aromatic nitrogens is 1. The molecule has 4 aromatic rings. The molecule has 0 fully saturated rings. The molecule has 0 aliphatic heterocycles. The zero-order chi connectivity index (χ0) is 23.3. The topological polar surface area (TPSA) is 54.0 Å². The van der Waals surface area contributed by atoms with Gasteiger partial charge < -0.3 is 10.6 Å². The second-order valence-electron chi connectivity index (χ2n) is 8.70. The van der Waals surface area contributed by atoms with Crippen molar-refractivity contribution in [1.29, 1.82) is 0 Å². The number of anilines is 2. The van der Waals surface area contributed by atoms with Crippen molar-refractivity contribution in [1.82, 2.24) is 4.98 Å². The van der Waals surface area contributed by atoms with E-state index in [2.05, 4.69) is 65.0 Å². The Hall–Kier alpha value is -4.18. The van der Waals surface area contributed by atoms with Gasteiger partial charge in [0.15, 0.2) is 0 Å². The number of carbonyl (C=O) groups is 1. The minimum Gasteiger partial charge on any atom is -0.380 e. The monoisotopic (exact) mass is 445 g/mol. The maximum Gasteiger partial charge on any atom is 0.251 e. The lowest BCUT2D eigenvalue weighted by Crippen LogP contribution is -2.17. The first-order valence-electron chi connectivity index (χ1n) is 11.6. The summed E-state index contributed by atoms with van der Waals surface area (Å²) in [6.07, 6.45) is 7.22. The summed E-state index contributed by atoms with van der Waals surface area (Å²) in [7, 11) is 0. The van der Waals surface area contributed by atoms with E-state index < -0.39 is 0 Å². The molecule has 0 saturated heterocycles. The summed E-state index contributed by atoms with van der Waals surface area (Å²) in [6.45, 7) is 2.79. The summed E-state index contributed by atoms with van der Waals surface area (Å²) in [6, 6.07) is 26.9. The van der Waals surface area contributed by atoms with Gasteiger partial charge in [0.2, 0.25) is 0 Å². The normalized spacial score (nSPS) is 12.4. The van der Waals surface area contributed by atoms with E-state index in [0.717, 1.165) is 40.9 Å². The third-order valence-corrected chi connectivity index (χ3v) is 6.19. The van der Waals surface area contributed by atoms with Gasteiger partial charge >= 0.3 is 0 Å². The molecule has 5 rings (SSSR count). The lowest BCUT2D eigenvalue weighted by atomic mass is 9.89. The maximum atomic E-state index is 13.0. The Bertz CT molecular complexity index is 1320. The fourth-order valence-electron chi connectivity index (χ4n) is 4.18. The first-order chi connectivity index (χ1) is 16.6. The molecule has 34 heavy (non-hydrogen) atoms. The molecular formula is C30H27N3O. The molecule has 0 saturated carbocycles. The molecule has 0 spiro atoms. The highest BCUT2D eigenvalue weighted by atomic mass is 16.1. The Morgan fingerprint density at radius 2 is 1.68 bits per heavy atom. The molecule has 1 aliphatic carbocycles. The van der Waals surface area contributed by atoms with Crippen LogP contribution in [0.5, 0.6) is 0 Å². The van der Waals surface area contributed by atoms with E-state index in [1.54, 1.807) is 12.4 Å². The zero-order valence-corrected chi connectivity index (χ0v) is 19.2. The Morgan fingerprint density at radius 1 is 0.882 bits per heavy atom. The molecule has 168 valence electrons. The van der Waals surface area contributed by atoms with Crippen LogP contribution >= 0.6 is 0 Å². The highest BCUT2D eigenvalue weighted by molar-refractivity contribution is 6.07. The fraction of sp³-hybridized carbons (Fsp3) is 0.133. The lowest BCUT2D eigenvalue weighted by molar-refractivity contribution is -0.112. The van der Waals surface area contributed by atoms with Crippen molar-refractivity contribution in [2.45, 2.75) is 26.3 Å². The first-order valence-corrected chi connectivity index (χ1v) is 11.6.